The zero-order valence-electron chi connectivity index (χ0n) is 22.9. The first-order valence-corrected chi connectivity index (χ1v) is 13.3. The first kappa shape index (κ1) is 30.2. The molecule has 202 valence electrons. The molecule has 0 unspecified atom stereocenters. The molecule has 0 aromatic heterocycles. The number of carbonyl (C=O) groups is 1. The third-order valence-electron chi connectivity index (χ3n) is 6.94. The lowest BCUT2D eigenvalue weighted by Crippen LogP contribution is -2.55. The van der Waals surface area contributed by atoms with Gasteiger partial charge in [-0.1, -0.05) is 67.5 Å². The first-order chi connectivity index (χ1) is 17.0. The summed E-state index contributed by atoms with van der Waals surface area (Å²) in [7, 11) is 0. The van der Waals surface area contributed by atoms with Crippen molar-refractivity contribution in [2.45, 2.75) is 104 Å². The molecule has 0 aromatic rings. The molecule has 0 aromatic carbocycles. The molecule has 1 saturated heterocycles. The summed E-state index contributed by atoms with van der Waals surface area (Å²) >= 11 is 0. The summed E-state index contributed by atoms with van der Waals surface area (Å²) in [6.45, 7) is 12.5. The van der Waals surface area contributed by atoms with Crippen molar-refractivity contribution in [1.82, 2.24) is 5.32 Å². The molecule has 0 radical (unpaired) electrons. The summed E-state index contributed by atoms with van der Waals surface area (Å²) in [6, 6.07) is 0. The van der Waals surface area contributed by atoms with Crippen LogP contribution >= 0.6 is 0 Å². The number of carbonyl (C=O) groups excluding carboxylic acids is 1. The lowest BCUT2D eigenvalue weighted by Gasteiger charge is -2.43. The van der Waals surface area contributed by atoms with Crippen LogP contribution in [0.25, 0.3) is 0 Å². The Morgan fingerprint density at radius 3 is 2.61 bits per heavy atom. The largest absolute Gasteiger partial charge is 0.387 e. The molecule has 2 heterocycles. The lowest BCUT2D eigenvalue weighted by molar-refractivity contribution is -0.285. The molecule has 2 rings (SSSR count). The zero-order chi connectivity index (χ0) is 26.7. The summed E-state index contributed by atoms with van der Waals surface area (Å²) in [6.07, 6.45) is 17.4. The monoisotopic (exact) mass is 501 g/mol. The van der Waals surface area contributed by atoms with Crippen molar-refractivity contribution in [3.05, 3.63) is 59.8 Å². The van der Waals surface area contributed by atoms with Gasteiger partial charge in [-0.05, 0) is 59.3 Å². The van der Waals surface area contributed by atoms with Crippen LogP contribution in [0.5, 0.6) is 0 Å². The highest BCUT2D eigenvalue weighted by Gasteiger charge is 2.44. The van der Waals surface area contributed by atoms with E-state index >= 15 is 0 Å². The van der Waals surface area contributed by atoms with Crippen molar-refractivity contribution in [1.29, 1.82) is 0 Å². The van der Waals surface area contributed by atoms with E-state index in [1.807, 2.05) is 12.2 Å². The van der Waals surface area contributed by atoms with Crippen LogP contribution in [0.15, 0.2) is 59.8 Å². The Morgan fingerprint density at radius 1 is 1.14 bits per heavy atom. The molecule has 6 nitrogen and oxygen atoms in total. The molecule has 6 heteroatoms. The Hall–Kier alpha value is -1.99. The smallest absolute Gasteiger partial charge is 0.243 e. The van der Waals surface area contributed by atoms with Crippen LogP contribution in [-0.2, 0) is 14.3 Å². The number of hydrogen-bond donors (Lipinski definition) is 3. The Kier molecular flexibility index (Phi) is 12.3. The normalized spacial score (nSPS) is 41.6. The average molecular weight is 502 g/mol. The minimum atomic E-state index is -1.27. The van der Waals surface area contributed by atoms with Gasteiger partial charge in [0.05, 0.1) is 17.8 Å². The fourth-order valence-corrected chi connectivity index (χ4v) is 4.53. The molecule has 0 spiro atoms. The fourth-order valence-electron chi connectivity index (χ4n) is 4.53. The van der Waals surface area contributed by atoms with E-state index in [4.69, 9.17) is 9.47 Å². The van der Waals surface area contributed by atoms with Gasteiger partial charge < -0.3 is 25.0 Å². The van der Waals surface area contributed by atoms with Gasteiger partial charge in [0.1, 0.15) is 6.10 Å². The van der Waals surface area contributed by atoms with Gasteiger partial charge in [0.2, 0.25) is 5.91 Å². The van der Waals surface area contributed by atoms with E-state index in [0.29, 0.717) is 18.9 Å². The molecule has 7 atom stereocenters. The second-order valence-electron chi connectivity index (χ2n) is 10.9. The quantitative estimate of drug-likeness (QED) is 0.456. The second kappa shape index (κ2) is 14.7. The first-order valence-electron chi connectivity index (χ1n) is 13.3. The highest BCUT2D eigenvalue weighted by molar-refractivity contribution is 5.87. The van der Waals surface area contributed by atoms with Crippen LogP contribution in [-0.4, -0.2) is 52.9 Å². The highest BCUT2D eigenvalue weighted by atomic mass is 16.7. The van der Waals surface area contributed by atoms with Gasteiger partial charge in [-0.15, -0.1) is 0 Å². The molecule has 0 saturated carbocycles. The summed E-state index contributed by atoms with van der Waals surface area (Å²) in [4.78, 5) is 12.2. The number of hydrogen-bond acceptors (Lipinski definition) is 5. The van der Waals surface area contributed by atoms with E-state index in [-0.39, 0.29) is 24.3 Å². The van der Waals surface area contributed by atoms with Gasteiger partial charge in [-0.25, -0.2) is 0 Å². The predicted octanol–water partition coefficient (Wildman–Crippen LogP) is 5.14. The molecular weight excluding hydrogens is 454 g/mol. The number of aliphatic hydroxyl groups excluding tert-OH is 1. The van der Waals surface area contributed by atoms with Crippen molar-refractivity contribution in [3.8, 4) is 0 Å². The maximum absolute atomic E-state index is 12.2. The van der Waals surface area contributed by atoms with E-state index in [1.165, 1.54) is 11.1 Å². The average Bonchev–Trinajstić information content (AvgIpc) is 2.80. The number of nitrogens with one attached hydrogen (secondary N) is 1. The van der Waals surface area contributed by atoms with Crippen LogP contribution in [0.2, 0.25) is 0 Å². The molecule has 0 bridgehead atoms. The lowest BCUT2D eigenvalue weighted by atomic mass is 9.89. The van der Waals surface area contributed by atoms with E-state index in [1.54, 1.807) is 26.0 Å². The van der Waals surface area contributed by atoms with Gasteiger partial charge in [-0.3, -0.25) is 4.79 Å². The minimum absolute atomic E-state index is 0.0302. The third-order valence-corrected chi connectivity index (χ3v) is 6.94. The highest BCUT2D eigenvalue weighted by Crippen LogP contribution is 2.31. The molecule has 3 N–H and O–H groups in total. The van der Waals surface area contributed by atoms with E-state index in [0.717, 1.165) is 19.3 Å². The third kappa shape index (κ3) is 10.6. The fraction of sp³-hybridized carbons (Fsp3) is 0.633. The molecule has 1 fully saturated rings. The number of ether oxygens (including phenoxy) is 2. The summed E-state index contributed by atoms with van der Waals surface area (Å²) in [5.74, 6) is 0.343. The van der Waals surface area contributed by atoms with Gasteiger partial charge in [0.15, 0.2) is 6.29 Å². The molecule has 0 aliphatic carbocycles. The Morgan fingerprint density at radius 2 is 1.89 bits per heavy atom. The van der Waals surface area contributed by atoms with Crippen molar-refractivity contribution in [2.75, 3.05) is 6.54 Å². The van der Waals surface area contributed by atoms with Crippen LogP contribution in [0.3, 0.4) is 0 Å². The van der Waals surface area contributed by atoms with Crippen LogP contribution < -0.4 is 5.32 Å². The zero-order valence-corrected chi connectivity index (χ0v) is 22.9. The predicted molar refractivity (Wildman–Crippen MR) is 145 cm³/mol. The Balaban J connectivity index is 2.20. The van der Waals surface area contributed by atoms with E-state index < -0.39 is 24.1 Å². The number of allylic oxidation sites excluding steroid dienone is 7. The maximum Gasteiger partial charge on any atom is 0.243 e. The summed E-state index contributed by atoms with van der Waals surface area (Å²) in [5.41, 5.74) is 1.28. The van der Waals surface area contributed by atoms with Crippen LogP contribution in [0.4, 0.5) is 0 Å². The van der Waals surface area contributed by atoms with Crippen LogP contribution in [0.1, 0.15) is 73.6 Å². The molecule has 2 aliphatic heterocycles. The van der Waals surface area contributed by atoms with Gasteiger partial charge in [-0.2, -0.15) is 0 Å². The standard InChI is InChI=1S/C30H47NO5/c1-21-12-8-7-9-13-23(3)20-31-27(32)15-11-10-14-24(4)26(17-16-22(2)18-21)36-28-19-30(6,34)29(33)25(5)35-28/h7-8,10-12,14-16,23-26,28-29,33-34H,9,13,17-20H2,1-6H3,(H,31,32)/b8-7-,14-10-,15-11-,21-12-,22-16-/t23-,24-,25+,26-,28-,29+,30-/m0/s1. The van der Waals surface area contributed by atoms with E-state index in [2.05, 4.69) is 57.3 Å². The summed E-state index contributed by atoms with van der Waals surface area (Å²) in [5, 5.41) is 23.9. The van der Waals surface area contributed by atoms with Crippen molar-refractivity contribution < 1.29 is 24.5 Å². The van der Waals surface area contributed by atoms with Crippen molar-refractivity contribution in [2.24, 2.45) is 11.8 Å². The maximum atomic E-state index is 12.2. The number of rotatable bonds is 2. The SMILES string of the molecule is C/C1=C/C=C\CC[C@H](C)CNC(=O)/C=C\C=C/[C@H](C)[C@@H](O[C@H]2C[C@](C)(O)[C@H](O)[C@@H](C)O2)C/C=C(/C)C1. The van der Waals surface area contributed by atoms with Gasteiger partial charge >= 0.3 is 0 Å². The molecule has 36 heavy (non-hydrogen) atoms. The van der Waals surface area contributed by atoms with Gasteiger partial charge in [0, 0.05) is 25.0 Å². The topological polar surface area (TPSA) is 88.0 Å². The molecule has 1 amide bonds. The van der Waals surface area contributed by atoms with Gasteiger partial charge in [0.25, 0.3) is 0 Å². The van der Waals surface area contributed by atoms with Crippen molar-refractivity contribution >= 4 is 5.91 Å². The van der Waals surface area contributed by atoms with E-state index in [9.17, 15) is 15.0 Å². The molecular formula is C30H47NO5. The summed E-state index contributed by atoms with van der Waals surface area (Å²) < 4.78 is 12.2. The minimum Gasteiger partial charge on any atom is -0.387 e. The molecule has 2 aliphatic rings. The number of amides is 1. The van der Waals surface area contributed by atoms with Crippen LogP contribution in [0, 0.1) is 11.8 Å². The second-order valence-corrected chi connectivity index (χ2v) is 10.9. The number of aliphatic hydroxyl groups is 2. The Labute approximate surface area is 217 Å². The Bertz CT molecular complexity index is 853. The van der Waals surface area contributed by atoms with Crippen molar-refractivity contribution in [3.63, 3.8) is 0 Å².